The lowest BCUT2D eigenvalue weighted by molar-refractivity contribution is -0.139. The fourth-order valence-corrected chi connectivity index (χ4v) is 2.01. The zero-order chi connectivity index (χ0) is 15.8. The van der Waals surface area contributed by atoms with Crippen molar-refractivity contribution < 1.29 is 17.6 Å². The standard InChI is InChI=1S/C14H13F4N3/c1-7-8(2)13(19-3)21-20-12(7)9-4-5-11(15)10(6-9)14(16,17)18/h4-6H,1-3H3,(H,19,21). The van der Waals surface area contributed by atoms with Crippen LogP contribution in [0.4, 0.5) is 23.4 Å². The number of alkyl halides is 3. The minimum Gasteiger partial charge on any atom is -0.371 e. The molecule has 0 spiro atoms. The molecule has 0 bridgehead atoms. The van der Waals surface area contributed by atoms with E-state index in [0.29, 0.717) is 17.1 Å². The molecule has 2 rings (SSSR count). The molecular weight excluding hydrogens is 286 g/mol. The molecule has 0 unspecified atom stereocenters. The molecule has 0 aliphatic heterocycles. The second-order valence-corrected chi connectivity index (χ2v) is 4.59. The second-order valence-electron chi connectivity index (χ2n) is 4.59. The van der Waals surface area contributed by atoms with Gasteiger partial charge in [-0.05, 0) is 43.2 Å². The van der Waals surface area contributed by atoms with E-state index >= 15 is 0 Å². The van der Waals surface area contributed by atoms with Gasteiger partial charge in [0, 0.05) is 12.6 Å². The first kappa shape index (κ1) is 15.2. The predicted molar refractivity (Wildman–Crippen MR) is 71.4 cm³/mol. The third-order valence-electron chi connectivity index (χ3n) is 3.30. The van der Waals surface area contributed by atoms with Gasteiger partial charge in [0.05, 0.1) is 11.3 Å². The maximum absolute atomic E-state index is 13.3. The summed E-state index contributed by atoms with van der Waals surface area (Å²) in [6.45, 7) is 3.52. The van der Waals surface area contributed by atoms with Crippen LogP contribution in [0.1, 0.15) is 16.7 Å². The summed E-state index contributed by atoms with van der Waals surface area (Å²) in [5.74, 6) is -0.755. The van der Waals surface area contributed by atoms with Crippen molar-refractivity contribution in [2.45, 2.75) is 20.0 Å². The van der Waals surface area contributed by atoms with Crippen LogP contribution in [0.25, 0.3) is 11.3 Å². The molecule has 0 saturated heterocycles. The topological polar surface area (TPSA) is 37.8 Å². The molecule has 0 atom stereocenters. The number of rotatable bonds is 2. The van der Waals surface area contributed by atoms with Crippen LogP contribution < -0.4 is 5.32 Å². The normalized spacial score (nSPS) is 11.6. The summed E-state index contributed by atoms with van der Waals surface area (Å²) in [5.41, 5.74) is 0.641. The van der Waals surface area contributed by atoms with E-state index in [0.717, 1.165) is 17.7 Å². The van der Waals surface area contributed by atoms with Gasteiger partial charge in [-0.1, -0.05) is 0 Å². The van der Waals surface area contributed by atoms with E-state index < -0.39 is 17.6 Å². The van der Waals surface area contributed by atoms with Gasteiger partial charge in [-0.15, -0.1) is 10.2 Å². The lowest BCUT2D eigenvalue weighted by Crippen LogP contribution is -2.09. The number of halogens is 4. The van der Waals surface area contributed by atoms with Crippen LogP contribution in [0.15, 0.2) is 18.2 Å². The van der Waals surface area contributed by atoms with Gasteiger partial charge in [0.15, 0.2) is 5.82 Å². The Morgan fingerprint density at radius 3 is 2.29 bits per heavy atom. The first-order valence-corrected chi connectivity index (χ1v) is 6.14. The van der Waals surface area contributed by atoms with Gasteiger partial charge >= 0.3 is 6.18 Å². The molecule has 1 aromatic carbocycles. The molecule has 7 heteroatoms. The lowest BCUT2D eigenvalue weighted by atomic mass is 10.0. The number of hydrogen-bond acceptors (Lipinski definition) is 3. The highest BCUT2D eigenvalue weighted by Gasteiger charge is 2.34. The van der Waals surface area contributed by atoms with Crippen molar-refractivity contribution in [3.63, 3.8) is 0 Å². The number of nitrogens with zero attached hydrogens (tertiary/aromatic N) is 2. The highest BCUT2D eigenvalue weighted by molar-refractivity contribution is 5.67. The molecule has 2 aromatic rings. The quantitative estimate of drug-likeness (QED) is 0.853. The fraction of sp³-hybridized carbons (Fsp3) is 0.286. The van der Waals surface area contributed by atoms with Crippen molar-refractivity contribution in [3.8, 4) is 11.3 Å². The van der Waals surface area contributed by atoms with Crippen molar-refractivity contribution in [1.29, 1.82) is 0 Å². The maximum atomic E-state index is 13.3. The van der Waals surface area contributed by atoms with E-state index in [4.69, 9.17) is 0 Å². The summed E-state index contributed by atoms with van der Waals surface area (Å²) in [4.78, 5) is 0. The summed E-state index contributed by atoms with van der Waals surface area (Å²) >= 11 is 0. The molecular formula is C14H13F4N3. The zero-order valence-corrected chi connectivity index (χ0v) is 11.6. The smallest absolute Gasteiger partial charge is 0.371 e. The number of anilines is 1. The second kappa shape index (κ2) is 5.31. The highest BCUT2D eigenvalue weighted by Crippen LogP contribution is 2.35. The minimum atomic E-state index is -4.75. The van der Waals surface area contributed by atoms with Crippen LogP contribution in [-0.4, -0.2) is 17.2 Å². The Hall–Kier alpha value is -2.18. The third kappa shape index (κ3) is 2.81. The Morgan fingerprint density at radius 1 is 1.05 bits per heavy atom. The Labute approximate surface area is 119 Å². The fourth-order valence-electron chi connectivity index (χ4n) is 2.01. The SMILES string of the molecule is CNc1nnc(-c2ccc(F)c(C(F)(F)F)c2)c(C)c1C. The predicted octanol–water partition coefficient (Wildman–Crippen LogP) is 3.96. The van der Waals surface area contributed by atoms with Gasteiger partial charge < -0.3 is 5.32 Å². The van der Waals surface area contributed by atoms with E-state index in [1.54, 1.807) is 20.9 Å². The molecule has 0 saturated carbocycles. The van der Waals surface area contributed by atoms with Crippen LogP contribution in [-0.2, 0) is 6.18 Å². The summed E-state index contributed by atoms with van der Waals surface area (Å²) in [6.07, 6.45) is -4.75. The van der Waals surface area contributed by atoms with E-state index in [1.807, 2.05) is 0 Å². The summed E-state index contributed by atoms with van der Waals surface area (Å²) in [6, 6.07) is 2.81. The molecule has 1 heterocycles. The van der Waals surface area contributed by atoms with Gasteiger partial charge in [-0.25, -0.2) is 4.39 Å². The molecule has 3 nitrogen and oxygen atoms in total. The van der Waals surface area contributed by atoms with Crippen molar-refractivity contribution in [2.24, 2.45) is 0 Å². The van der Waals surface area contributed by atoms with Crippen molar-refractivity contribution >= 4 is 5.82 Å². The average Bonchev–Trinajstić information content (AvgIpc) is 2.41. The monoisotopic (exact) mass is 299 g/mol. The van der Waals surface area contributed by atoms with Crippen molar-refractivity contribution in [3.05, 3.63) is 40.7 Å². The first-order chi connectivity index (χ1) is 9.75. The summed E-state index contributed by atoms with van der Waals surface area (Å²) in [7, 11) is 1.68. The van der Waals surface area contributed by atoms with Crippen molar-refractivity contribution in [2.75, 3.05) is 12.4 Å². The van der Waals surface area contributed by atoms with Gasteiger partial charge in [-0.2, -0.15) is 13.2 Å². The van der Waals surface area contributed by atoms with Crippen LogP contribution in [0.2, 0.25) is 0 Å². The number of benzene rings is 1. The van der Waals surface area contributed by atoms with Gasteiger partial charge in [-0.3, -0.25) is 0 Å². The molecule has 112 valence electrons. The number of nitrogens with one attached hydrogen (secondary N) is 1. The molecule has 21 heavy (non-hydrogen) atoms. The lowest BCUT2D eigenvalue weighted by Gasteiger charge is -2.13. The van der Waals surface area contributed by atoms with E-state index in [2.05, 4.69) is 15.5 Å². The maximum Gasteiger partial charge on any atom is 0.419 e. The summed E-state index contributed by atoms with van der Waals surface area (Å²) in [5, 5.41) is 10.7. The Kier molecular flexibility index (Phi) is 3.85. The largest absolute Gasteiger partial charge is 0.419 e. The Balaban J connectivity index is 2.61. The molecule has 0 aliphatic rings. The van der Waals surface area contributed by atoms with E-state index in [9.17, 15) is 17.6 Å². The molecule has 0 radical (unpaired) electrons. The molecule has 0 amide bonds. The minimum absolute atomic E-state index is 0.180. The van der Waals surface area contributed by atoms with Crippen molar-refractivity contribution in [1.82, 2.24) is 10.2 Å². The Bertz CT molecular complexity index is 681. The number of aromatic nitrogens is 2. The van der Waals surface area contributed by atoms with Crippen LogP contribution >= 0.6 is 0 Å². The molecule has 0 aliphatic carbocycles. The first-order valence-electron chi connectivity index (χ1n) is 6.14. The van der Waals surface area contributed by atoms with Gasteiger partial charge in [0.1, 0.15) is 5.82 Å². The molecule has 1 N–H and O–H groups in total. The van der Waals surface area contributed by atoms with E-state index in [1.165, 1.54) is 6.07 Å². The van der Waals surface area contributed by atoms with E-state index in [-0.39, 0.29) is 5.56 Å². The number of hydrogen-bond donors (Lipinski definition) is 1. The Morgan fingerprint density at radius 2 is 1.71 bits per heavy atom. The summed E-state index contributed by atoms with van der Waals surface area (Å²) < 4.78 is 51.6. The zero-order valence-electron chi connectivity index (χ0n) is 11.6. The molecule has 1 aromatic heterocycles. The molecule has 0 fully saturated rings. The average molecular weight is 299 g/mol. The van der Waals surface area contributed by atoms with Crippen LogP contribution in [0.3, 0.4) is 0 Å². The highest BCUT2D eigenvalue weighted by atomic mass is 19.4. The van der Waals surface area contributed by atoms with Crippen LogP contribution in [0, 0.1) is 19.7 Å². The van der Waals surface area contributed by atoms with Gasteiger partial charge in [0.2, 0.25) is 0 Å². The van der Waals surface area contributed by atoms with Crippen LogP contribution in [0.5, 0.6) is 0 Å². The third-order valence-corrected chi connectivity index (χ3v) is 3.30. The van der Waals surface area contributed by atoms with Gasteiger partial charge in [0.25, 0.3) is 0 Å².